The minimum absolute atomic E-state index is 0.501. The van der Waals surface area contributed by atoms with Gasteiger partial charge in [0, 0.05) is 31.1 Å². The Labute approximate surface area is 138 Å². The van der Waals surface area contributed by atoms with E-state index in [0.717, 1.165) is 22.0 Å². The van der Waals surface area contributed by atoms with Crippen molar-refractivity contribution in [2.45, 2.75) is 0 Å². The van der Waals surface area contributed by atoms with Gasteiger partial charge in [-0.1, -0.05) is 12.1 Å². The number of ether oxygens (including phenoxy) is 1. The van der Waals surface area contributed by atoms with Gasteiger partial charge in [0.15, 0.2) is 0 Å². The van der Waals surface area contributed by atoms with Crippen molar-refractivity contribution in [3.05, 3.63) is 59.9 Å². The molecule has 0 atom stereocenters. The van der Waals surface area contributed by atoms with Crippen LogP contribution in [0.15, 0.2) is 48.8 Å². The summed E-state index contributed by atoms with van der Waals surface area (Å²) in [6, 6.07) is 9.37. The summed E-state index contributed by atoms with van der Waals surface area (Å²) < 4.78 is 5.20. The molecule has 24 heavy (non-hydrogen) atoms. The van der Waals surface area contributed by atoms with Crippen molar-refractivity contribution >= 4 is 22.4 Å². The van der Waals surface area contributed by atoms with Crippen LogP contribution < -0.4 is 10.2 Å². The van der Waals surface area contributed by atoms with Gasteiger partial charge in [-0.3, -0.25) is 10.1 Å². The molecule has 0 saturated carbocycles. The maximum Gasteiger partial charge on any atom is 0.350 e. The van der Waals surface area contributed by atoms with Crippen molar-refractivity contribution in [1.29, 1.82) is 0 Å². The topological polar surface area (TPSA) is 89.1 Å². The smallest absolute Gasteiger partial charge is 0.350 e. The molecule has 3 aromatic rings. The Morgan fingerprint density at radius 3 is 2.88 bits per heavy atom. The zero-order chi connectivity index (χ0) is 16.9. The highest BCUT2D eigenvalue weighted by Crippen LogP contribution is 2.29. The molecule has 0 aliphatic rings. The SMILES string of the molecule is CNOC(=O)C=C(c1cccnc1)c1ccc2c(OC)n[nH]c2c1. The number of fused-ring (bicyclic) bond motifs is 1. The van der Waals surface area contributed by atoms with Gasteiger partial charge in [-0.2, -0.15) is 5.48 Å². The number of aromatic amines is 1. The second-order valence-corrected chi connectivity index (χ2v) is 4.92. The van der Waals surface area contributed by atoms with E-state index in [1.807, 2.05) is 30.3 Å². The van der Waals surface area contributed by atoms with Crippen LogP contribution in [0.1, 0.15) is 11.1 Å². The number of methoxy groups -OCH3 is 1. The average Bonchev–Trinajstić information content (AvgIpc) is 3.03. The van der Waals surface area contributed by atoms with Crippen LogP contribution in [0.25, 0.3) is 16.5 Å². The molecule has 0 amide bonds. The van der Waals surface area contributed by atoms with Gasteiger partial charge in [-0.25, -0.2) is 4.79 Å². The Morgan fingerprint density at radius 1 is 1.29 bits per heavy atom. The van der Waals surface area contributed by atoms with Gasteiger partial charge in [-0.05, 0) is 29.3 Å². The molecule has 1 aromatic carbocycles. The van der Waals surface area contributed by atoms with E-state index in [0.29, 0.717) is 11.5 Å². The summed E-state index contributed by atoms with van der Waals surface area (Å²) in [5.74, 6) is 0.0247. The lowest BCUT2D eigenvalue weighted by Gasteiger charge is -2.08. The third-order valence-corrected chi connectivity index (χ3v) is 3.47. The highest BCUT2D eigenvalue weighted by atomic mass is 16.7. The highest BCUT2D eigenvalue weighted by molar-refractivity contribution is 5.98. The first-order valence-corrected chi connectivity index (χ1v) is 7.25. The number of pyridine rings is 1. The predicted octanol–water partition coefficient (Wildman–Crippen LogP) is 2.08. The minimum Gasteiger partial charge on any atom is -0.480 e. The molecular weight excluding hydrogens is 308 g/mol. The summed E-state index contributed by atoms with van der Waals surface area (Å²) in [5.41, 5.74) is 5.50. The molecule has 0 saturated heterocycles. The van der Waals surface area contributed by atoms with Crippen molar-refractivity contribution in [3.63, 3.8) is 0 Å². The van der Waals surface area contributed by atoms with E-state index in [4.69, 9.17) is 9.57 Å². The van der Waals surface area contributed by atoms with Gasteiger partial charge in [0.25, 0.3) is 0 Å². The van der Waals surface area contributed by atoms with Crippen LogP contribution in [0.4, 0.5) is 0 Å². The fourth-order valence-electron chi connectivity index (χ4n) is 2.42. The third-order valence-electron chi connectivity index (χ3n) is 3.47. The number of H-pyrrole nitrogens is 1. The highest BCUT2D eigenvalue weighted by Gasteiger charge is 2.12. The van der Waals surface area contributed by atoms with Gasteiger partial charge in [0.1, 0.15) is 0 Å². The van der Waals surface area contributed by atoms with E-state index in [2.05, 4.69) is 20.7 Å². The molecule has 0 spiro atoms. The molecule has 2 aromatic heterocycles. The second kappa shape index (κ2) is 6.93. The van der Waals surface area contributed by atoms with E-state index >= 15 is 0 Å². The van der Waals surface area contributed by atoms with Gasteiger partial charge in [0.05, 0.1) is 18.0 Å². The monoisotopic (exact) mass is 324 g/mol. The summed E-state index contributed by atoms with van der Waals surface area (Å²) >= 11 is 0. The Morgan fingerprint density at radius 2 is 2.17 bits per heavy atom. The number of hydrogen-bond donors (Lipinski definition) is 2. The minimum atomic E-state index is -0.501. The van der Waals surface area contributed by atoms with Crippen LogP contribution in [0.3, 0.4) is 0 Å². The quantitative estimate of drug-likeness (QED) is 0.552. The number of carbonyl (C=O) groups excluding carboxylic acids is 1. The first-order chi connectivity index (χ1) is 11.7. The number of nitrogens with zero attached hydrogens (tertiary/aromatic N) is 2. The molecule has 0 bridgehead atoms. The van der Waals surface area contributed by atoms with Gasteiger partial charge < -0.3 is 9.57 Å². The predicted molar refractivity (Wildman–Crippen MR) is 89.1 cm³/mol. The molecule has 0 unspecified atom stereocenters. The largest absolute Gasteiger partial charge is 0.480 e. The first-order valence-electron chi connectivity index (χ1n) is 7.25. The average molecular weight is 324 g/mol. The molecule has 2 heterocycles. The van der Waals surface area contributed by atoms with Crippen molar-refractivity contribution < 1.29 is 14.4 Å². The van der Waals surface area contributed by atoms with Crippen molar-refractivity contribution in [3.8, 4) is 5.88 Å². The Bertz CT molecular complexity index is 887. The molecule has 0 fully saturated rings. The van der Waals surface area contributed by atoms with E-state index < -0.39 is 5.97 Å². The van der Waals surface area contributed by atoms with E-state index in [1.165, 1.54) is 13.1 Å². The Balaban J connectivity index is 2.10. The summed E-state index contributed by atoms with van der Waals surface area (Å²) in [5, 5.41) is 7.88. The number of rotatable bonds is 5. The Kier molecular flexibility index (Phi) is 4.53. The van der Waals surface area contributed by atoms with Gasteiger partial charge in [-0.15, -0.1) is 5.10 Å². The molecule has 122 valence electrons. The van der Waals surface area contributed by atoms with E-state index in [-0.39, 0.29) is 0 Å². The molecular formula is C17H16N4O3. The van der Waals surface area contributed by atoms with Crippen molar-refractivity contribution in [2.24, 2.45) is 0 Å². The molecule has 0 aliphatic carbocycles. The second-order valence-electron chi connectivity index (χ2n) is 4.92. The molecule has 3 rings (SSSR count). The van der Waals surface area contributed by atoms with E-state index in [1.54, 1.807) is 19.5 Å². The first kappa shape index (κ1) is 15.7. The summed E-state index contributed by atoms with van der Waals surface area (Å²) in [4.78, 5) is 20.8. The van der Waals surface area contributed by atoms with Crippen LogP contribution in [0.2, 0.25) is 0 Å². The molecule has 7 heteroatoms. The number of carbonyl (C=O) groups is 1. The van der Waals surface area contributed by atoms with Gasteiger partial charge in [0.2, 0.25) is 5.88 Å². The fourth-order valence-corrected chi connectivity index (χ4v) is 2.42. The van der Waals surface area contributed by atoms with Crippen LogP contribution in [0, 0.1) is 0 Å². The lowest BCUT2D eigenvalue weighted by molar-refractivity contribution is -0.143. The number of benzene rings is 1. The number of nitrogens with one attached hydrogen (secondary N) is 2. The number of hydroxylamine groups is 1. The van der Waals surface area contributed by atoms with Crippen molar-refractivity contribution in [2.75, 3.05) is 14.2 Å². The normalized spacial score (nSPS) is 11.5. The zero-order valence-corrected chi connectivity index (χ0v) is 13.2. The number of hydrogen-bond acceptors (Lipinski definition) is 6. The molecule has 2 N–H and O–H groups in total. The maximum absolute atomic E-state index is 11.9. The van der Waals surface area contributed by atoms with Crippen LogP contribution >= 0.6 is 0 Å². The van der Waals surface area contributed by atoms with Crippen LogP contribution in [-0.4, -0.2) is 35.3 Å². The van der Waals surface area contributed by atoms with Crippen LogP contribution in [-0.2, 0) is 9.63 Å². The maximum atomic E-state index is 11.9. The fraction of sp³-hybridized carbons (Fsp3) is 0.118. The van der Waals surface area contributed by atoms with Crippen LogP contribution in [0.5, 0.6) is 5.88 Å². The summed E-state index contributed by atoms with van der Waals surface area (Å²) in [7, 11) is 3.09. The van der Waals surface area contributed by atoms with Gasteiger partial charge >= 0.3 is 5.97 Å². The molecule has 0 aliphatic heterocycles. The lowest BCUT2D eigenvalue weighted by Crippen LogP contribution is -2.13. The molecule has 0 radical (unpaired) electrons. The summed E-state index contributed by atoms with van der Waals surface area (Å²) in [6.45, 7) is 0. The molecule has 7 nitrogen and oxygen atoms in total. The zero-order valence-electron chi connectivity index (χ0n) is 13.2. The van der Waals surface area contributed by atoms with E-state index in [9.17, 15) is 4.79 Å². The Hall–Kier alpha value is -3.19. The third kappa shape index (κ3) is 3.11. The number of aromatic nitrogens is 3. The van der Waals surface area contributed by atoms with Crippen molar-refractivity contribution in [1.82, 2.24) is 20.7 Å². The lowest BCUT2D eigenvalue weighted by atomic mass is 9.98. The summed E-state index contributed by atoms with van der Waals surface area (Å²) in [6.07, 6.45) is 4.79. The standard InChI is InChI=1S/C17H16N4O3/c1-18-24-16(22)9-14(12-4-3-7-19-10-12)11-5-6-13-15(8-11)20-21-17(13)23-2/h3-10,18H,1-2H3,(H,20,21).